The highest BCUT2D eigenvalue weighted by molar-refractivity contribution is 5.25. The highest BCUT2D eigenvalue weighted by Crippen LogP contribution is 2.18. The van der Waals surface area contributed by atoms with Crippen LogP contribution in [0.25, 0.3) is 0 Å². The van der Waals surface area contributed by atoms with Crippen LogP contribution in [0.15, 0.2) is 30.9 Å². The number of benzene rings is 1. The molecule has 0 saturated heterocycles. The Morgan fingerprint density at radius 2 is 1.62 bits per heavy atom. The molecule has 0 aliphatic rings. The Hall–Kier alpha value is -1.26. The van der Waals surface area contributed by atoms with Crippen molar-refractivity contribution in [1.29, 1.82) is 0 Å². The van der Waals surface area contributed by atoms with Crippen LogP contribution in [0.2, 0.25) is 0 Å². The summed E-state index contributed by atoms with van der Waals surface area (Å²) in [5.41, 5.74) is 5.27. The molecule has 0 bridgehead atoms. The summed E-state index contributed by atoms with van der Waals surface area (Å²) in [7, 11) is 6.00. The number of rotatable bonds is 2. The van der Waals surface area contributed by atoms with E-state index >= 15 is 0 Å². The molecule has 2 nitrogen and oxygen atoms in total. The minimum Gasteiger partial charge on any atom is -0.321 e. The van der Waals surface area contributed by atoms with Gasteiger partial charge in [-0.15, -0.1) is 6.58 Å². The molecule has 90 valence electrons. The topological polar surface area (TPSA) is 29.3 Å². The Morgan fingerprint density at radius 3 is 1.94 bits per heavy atom. The fraction of sp³-hybridized carbons (Fsp3) is 0.333. The number of halogens is 2. The van der Waals surface area contributed by atoms with Crippen LogP contribution < -0.4 is 5.73 Å². The summed E-state index contributed by atoms with van der Waals surface area (Å²) >= 11 is 0. The molecular weight excluding hydrogens is 210 g/mol. The average molecular weight is 228 g/mol. The molecule has 1 unspecified atom stereocenters. The van der Waals surface area contributed by atoms with Crippen molar-refractivity contribution in [3.63, 3.8) is 0 Å². The minimum atomic E-state index is -0.786. The van der Waals surface area contributed by atoms with Gasteiger partial charge < -0.3 is 10.6 Å². The van der Waals surface area contributed by atoms with Crippen molar-refractivity contribution < 1.29 is 8.78 Å². The lowest BCUT2D eigenvalue weighted by Gasteiger charge is -2.08. The first-order chi connectivity index (χ1) is 7.40. The Morgan fingerprint density at radius 1 is 1.25 bits per heavy atom. The third kappa shape index (κ3) is 5.00. The molecule has 4 heteroatoms. The predicted molar refractivity (Wildman–Crippen MR) is 63.1 cm³/mol. The first kappa shape index (κ1) is 14.7. The van der Waals surface area contributed by atoms with Gasteiger partial charge in [-0.25, -0.2) is 8.78 Å². The molecule has 0 radical (unpaired) electrons. The van der Waals surface area contributed by atoms with Gasteiger partial charge >= 0.3 is 0 Å². The molecule has 1 atom stereocenters. The van der Waals surface area contributed by atoms with Gasteiger partial charge in [0.15, 0.2) is 0 Å². The van der Waals surface area contributed by atoms with Crippen molar-refractivity contribution in [1.82, 2.24) is 4.90 Å². The molecule has 1 aromatic rings. The lowest BCUT2D eigenvalue weighted by atomic mass is 10.1. The Bertz CT molecular complexity index is 315. The number of hydrogen-bond donors (Lipinski definition) is 1. The zero-order valence-electron chi connectivity index (χ0n) is 9.87. The van der Waals surface area contributed by atoms with Crippen LogP contribution in [0, 0.1) is 11.6 Å². The average Bonchev–Trinajstić information content (AvgIpc) is 2.16. The Kier molecular flexibility index (Phi) is 6.53. The van der Waals surface area contributed by atoms with Gasteiger partial charge in [-0.2, -0.15) is 0 Å². The van der Waals surface area contributed by atoms with Crippen molar-refractivity contribution in [2.75, 3.05) is 21.1 Å². The quantitative estimate of drug-likeness (QED) is 0.787. The molecule has 0 aliphatic carbocycles. The zero-order chi connectivity index (χ0) is 12.7. The fourth-order valence-corrected chi connectivity index (χ4v) is 0.947. The number of hydrogen-bond acceptors (Lipinski definition) is 2. The van der Waals surface area contributed by atoms with Crippen molar-refractivity contribution >= 4 is 0 Å². The van der Waals surface area contributed by atoms with E-state index in [4.69, 9.17) is 5.73 Å². The van der Waals surface area contributed by atoms with Gasteiger partial charge in [0.2, 0.25) is 0 Å². The maximum Gasteiger partial charge on any atom is 0.131 e. The monoisotopic (exact) mass is 228 g/mol. The predicted octanol–water partition coefficient (Wildman–Crippen LogP) is 2.33. The molecule has 1 rings (SSSR count). The lowest BCUT2D eigenvalue weighted by Crippen LogP contribution is -2.10. The van der Waals surface area contributed by atoms with Crippen LogP contribution >= 0.6 is 0 Å². The van der Waals surface area contributed by atoms with E-state index < -0.39 is 17.7 Å². The smallest absolute Gasteiger partial charge is 0.131 e. The summed E-state index contributed by atoms with van der Waals surface area (Å²) in [6, 6.07) is 2.85. The van der Waals surface area contributed by atoms with Crippen molar-refractivity contribution in [2.24, 2.45) is 5.73 Å². The molecular formula is C12H18F2N2. The highest BCUT2D eigenvalue weighted by Gasteiger charge is 2.12. The van der Waals surface area contributed by atoms with E-state index in [-0.39, 0.29) is 5.56 Å². The SMILES string of the molecule is C=CC(N)c1c(F)cccc1F.CN(C)C. The summed E-state index contributed by atoms with van der Waals surface area (Å²) in [5.74, 6) is -1.27. The highest BCUT2D eigenvalue weighted by atomic mass is 19.1. The molecule has 0 spiro atoms. The van der Waals surface area contributed by atoms with E-state index in [1.807, 2.05) is 26.0 Å². The molecule has 0 fully saturated rings. The number of nitrogens with zero attached hydrogens (tertiary/aromatic N) is 1. The van der Waals surface area contributed by atoms with Crippen LogP contribution in [0.5, 0.6) is 0 Å². The second-order valence-electron chi connectivity index (χ2n) is 3.74. The standard InChI is InChI=1S/C9H9F2N.C3H9N/c1-2-8(12)9-6(10)4-3-5-7(9)11;1-4(2)3/h2-5,8H,1,12H2;1-3H3. The molecule has 16 heavy (non-hydrogen) atoms. The van der Waals surface area contributed by atoms with Gasteiger partial charge in [0, 0.05) is 5.56 Å². The van der Waals surface area contributed by atoms with Crippen LogP contribution in [0.1, 0.15) is 11.6 Å². The van der Waals surface area contributed by atoms with Gasteiger partial charge in [0.1, 0.15) is 11.6 Å². The normalized spacial score (nSPS) is 11.7. The van der Waals surface area contributed by atoms with Gasteiger partial charge in [-0.3, -0.25) is 0 Å². The third-order valence-corrected chi connectivity index (χ3v) is 1.59. The lowest BCUT2D eigenvalue weighted by molar-refractivity contribution is 0.505. The second-order valence-corrected chi connectivity index (χ2v) is 3.74. The van der Waals surface area contributed by atoms with Gasteiger partial charge in [0.05, 0.1) is 6.04 Å². The molecule has 0 saturated carbocycles. The molecule has 0 heterocycles. The maximum atomic E-state index is 12.9. The van der Waals surface area contributed by atoms with E-state index in [1.165, 1.54) is 24.3 Å². The van der Waals surface area contributed by atoms with Crippen molar-refractivity contribution in [3.8, 4) is 0 Å². The van der Waals surface area contributed by atoms with E-state index in [1.54, 1.807) is 0 Å². The molecule has 0 amide bonds. The van der Waals surface area contributed by atoms with Gasteiger partial charge in [-0.1, -0.05) is 12.1 Å². The summed E-state index contributed by atoms with van der Waals surface area (Å²) in [6.45, 7) is 3.36. The minimum absolute atomic E-state index is 0.132. The van der Waals surface area contributed by atoms with Crippen molar-refractivity contribution in [2.45, 2.75) is 6.04 Å². The van der Waals surface area contributed by atoms with Gasteiger partial charge in [0.25, 0.3) is 0 Å². The third-order valence-electron chi connectivity index (χ3n) is 1.59. The van der Waals surface area contributed by atoms with Crippen LogP contribution in [-0.2, 0) is 0 Å². The number of nitrogens with two attached hydrogens (primary N) is 1. The van der Waals surface area contributed by atoms with E-state index in [2.05, 4.69) is 6.58 Å². The molecule has 0 aliphatic heterocycles. The van der Waals surface area contributed by atoms with E-state index in [9.17, 15) is 8.78 Å². The molecule has 2 N–H and O–H groups in total. The van der Waals surface area contributed by atoms with Crippen LogP contribution in [0.3, 0.4) is 0 Å². The first-order valence-electron chi connectivity index (χ1n) is 4.83. The molecule has 0 aromatic heterocycles. The summed E-state index contributed by atoms with van der Waals surface area (Å²) < 4.78 is 25.8. The van der Waals surface area contributed by atoms with Crippen LogP contribution in [-0.4, -0.2) is 26.0 Å². The Labute approximate surface area is 95.4 Å². The molecule has 1 aromatic carbocycles. The zero-order valence-corrected chi connectivity index (χ0v) is 9.87. The summed E-state index contributed by atoms with van der Waals surface area (Å²) in [6.07, 6.45) is 1.29. The van der Waals surface area contributed by atoms with Gasteiger partial charge in [-0.05, 0) is 33.3 Å². The van der Waals surface area contributed by atoms with Crippen molar-refractivity contribution in [3.05, 3.63) is 48.1 Å². The maximum absolute atomic E-state index is 12.9. The fourth-order valence-electron chi connectivity index (χ4n) is 0.947. The van der Waals surface area contributed by atoms with Crippen LogP contribution in [0.4, 0.5) is 8.78 Å². The largest absolute Gasteiger partial charge is 0.321 e. The Balaban J connectivity index is 0.000000487. The van der Waals surface area contributed by atoms with E-state index in [0.717, 1.165) is 0 Å². The first-order valence-corrected chi connectivity index (χ1v) is 4.83. The summed E-state index contributed by atoms with van der Waals surface area (Å²) in [5, 5.41) is 0. The summed E-state index contributed by atoms with van der Waals surface area (Å²) in [4.78, 5) is 2.00. The van der Waals surface area contributed by atoms with E-state index in [0.29, 0.717) is 0 Å². The second kappa shape index (κ2) is 7.09.